The summed E-state index contributed by atoms with van der Waals surface area (Å²) in [7, 11) is 0. The van der Waals surface area contributed by atoms with Crippen molar-refractivity contribution in [2.75, 3.05) is 30.3 Å². The number of rotatable bonds is 7. The van der Waals surface area contributed by atoms with Gasteiger partial charge in [0.05, 0.1) is 6.54 Å². The van der Waals surface area contributed by atoms with Gasteiger partial charge in [-0.2, -0.15) is 0 Å². The zero-order valence-electron chi connectivity index (χ0n) is 13.3. The number of nitrogens with zero attached hydrogens (tertiary/aromatic N) is 1. The van der Waals surface area contributed by atoms with Gasteiger partial charge in [-0.3, -0.25) is 14.5 Å². The molecule has 0 radical (unpaired) electrons. The van der Waals surface area contributed by atoms with Gasteiger partial charge in [0.1, 0.15) is 0 Å². The summed E-state index contributed by atoms with van der Waals surface area (Å²) in [5.41, 5.74) is 1.38. The van der Waals surface area contributed by atoms with Crippen molar-refractivity contribution in [3.05, 3.63) is 24.3 Å². The van der Waals surface area contributed by atoms with Gasteiger partial charge in [-0.25, -0.2) is 0 Å². The number of hydrogen-bond acceptors (Lipinski definition) is 3. The maximum Gasteiger partial charge on any atom is 0.238 e. The Morgan fingerprint density at radius 2 is 1.67 bits per heavy atom. The molecule has 1 aromatic carbocycles. The number of carbonyl (C=O) groups excluding carboxylic acids is 2. The maximum atomic E-state index is 11.9. The Hall–Kier alpha value is -1.88. The summed E-state index contributed by atoms with van der Waals surface area (Å²) in [4.78, 5) is 25.6. The Morgan fingerprint density at radius 1 is 1.10 bits per heavy atom. The molecule has 5 heteroatoms. The number of hydrogen-bond donors (Lipinski definition) is 2. The largest absolute Gasteiger partial charge is 0.326 e. The quantitative estimate of drug-likeness (QED) is 0.811. The lowest BCUT2D eigenvalue weighted by Gasteiger charge is -2.17. The molecule has 0 spiro atoms. The van der Waals surface area contributed by atoms with E-state index in [-0.39, 0.29) is 17.7 Å². The minimum absolute atomic E-state index is 0.0402. The third-order valence-corrected chi connectivity index (χ3v) is 3.20. The molecular formula is C16H25N3O2. The average Bonchev–Trinajstić information content (AvgIpc) is 2.44. The first-order valence-corrected chi connectivity index (χ1v) is 7.39. The first-order valence-electron chi connectivity index (χ1n) is 7.39. The van der Waals surface area contributed by atoms with Crippen LogP contribution in [-0.2, 0) is 9.59 Å². The highest BCUT2D eigenvalue weighted by atomic mass is 16.2. The summed E-state index contributed by atoms with van der Waals surface area (Å²) in [6, 6.07) is 7.19. The van der Waals surface area contributed by atoms with E-state index in [9.17, 15) is 9.59 Å². The lowest BCUT2D eigenvalue weighted by atomic mass is 10.2. The van der Waals surface area contributed by atoms with Crippen LogP contribution < -0.4 is 10.6 Å². The lowest BCUT2D eigenvalue weighted by molar-refractivity contribution is -0.119. The third kappa shape index (κ3) is 5.95. The smallest absolute Gasteiger partial charge is 0.238 e. The summed E-state index contributed by atoms with van der Waals surface area (Å²) in [5.74, 6) is -0.168. The van der Waals surface area contributed by atoms with Crippen molar-refractivity contribution in [2.45, 2.75) is 27.7 Å². The van der Waals surface area contributed by atoms with Gasteiger partial charge in [0.2, 0.25) is 11.8 Å². The van der Waals surface area contributed by atoms with Crippen LogP contribution in [0.15, 0.2) is 24.3 Å². The molecule has 0 aliphatic heterocycles. The Labute approximate surface area is 126 Å². The summed E-state index contributed by atoms with van der Waals surface area (Å²) in [6.07, 6.45) is 0. The van der Waals surface area contributed by atoms with Crippen molar-refractivity contribution < 1.29 is 9.59 Å². The highest BCUT2D eigenvalue weighted by Gasteiger charge is 2.09. The van der Waals surface area contributed by atoms with E-state index in [1.54, 1.807) is 12.1 Å². The molecule has 0 aliphatic carbocycles. The van der Waals surface area contributed by atoms with E-state index in [0.717, 1.165) is 13.1 Å². The van der Waals surface area contributed by atoms with E-state index < -0.39 is 0 Å². The number of nitrogens with one attached hydrogen (secondary N) is 2. The summed E-state index contributed by atoms with van der Waals surface area (Å²) < 4.78 is 0. The van der Waals surface area contributed by atoms with E-state index in [1.165, 1.54) is 0 Å². The topological polar surface area (TPSA) is 61.4 Å². The van der Waals surface area contributed by atoms with Gasteiger partial charge >= 0.3 is 0 Å². The molecule has 0 bridgehead atoms. The van der Waals surface area contributed by atoms with Crippen molar-refractivity contribution in [2.24, 2.45) is 5.92 Å². The summed E-state index contributed by atoms with van der Waals surface area (Å²) in [5, 5.41) is 5.67. The first-order chi connectivity index (χ1) is 9.96. The number of amides is 2. The van der Waals surface area contributed by atoms with Crippen LogP contribution in [0.2, 0.25) is 0 Å². The van der Waals surface area contributed by atoms with Crippen LogP contribution >= 0.6 is 0 Å². The monoisotopic (exact) mass is 291 g/mol. The van der Waals surface area contributed by atoms with Crippen LogP contribution in [0.4, 0.5) is 11.4 Å². The highest BCUT2D eigenvalue weighted by Crippen LogP contribution is 2.16. The number of anilines is 2. The molecule has 1 rings (SSSR count). The summed E-state index contributed by atoms with van der Waals surface area (Å²) >= 11 is 0. The molecule has 0 saturated carbocycles. The minimum Gasteiger partial charge on any atom is -0.326 e. The first kappa shape index (κ1) is 17.2. The van der Waals surface area contributed by atoms with Crippen LogP contribution in [0.25, 0.3) is 0 Å². The van der Waals surface area contributed by atoms with E-state index in [1.807, 2.05) is 44.7 Å². The summed E-state index contributed by atoms with van der Waals surface area (Å²) in [6.45, 7) is 9.78. The minimum atomic E-state index is -0.0779. The van der Waals surface area contributed by atoms with Gasteiger partial charge < -0.3 is 10.6 Å². The van der Waals surface area contributed by atoms with E-state index in [2.05, 4.69) is 10.6 Å². The van der Waals surface area contributed by atoms with Gasteiger partial charge in [0, 0.05) is 17.3 Å². The van der Waals surface area contributed by atoms with Crippen LogP contribution in [0.1, 0.15) is 27.7 Å². The normalized spacial score (nSPS) is 10.8. The van der Waals surface area contributed by atoms with Gasteiger partial charge in [0.15, 0.2) is 0 Å². The second-order valence-corrected chi connectivity index (χ2v) is 5.23. The predicted molar refractivity (Wildman–Crippen MR) is 86.3 cm³/mol. The van der Waals surface area contributed by atoms with Gasteiger partial charge in [0.25, 0.3) is 0 Å². The van der Waals surface area contributed by atoms with Crippen LogP contribution in [0, 0.1) is 5.92 Å². The third-order valence-electron chi connectivity index (χ3n) is 3.20. The second-order valence-electron chi connectivity index (χ2n) is 5.23. The fourth-order valence-corrected chi connectivity index (χ4v) is 1.81. The second kappa shape index (κ2) is 8.42. The molecule has 0 unspecified atom stereocenters. The molecule has 0 aliphatic rings. The Balaban J connectivity index is 2.64. The van der Waals surface area contributed by atoms with Crippen molar-refractivity contribution >= 4 is 23.2 Å². The van der Waals surface area contributed by atoms with Crippen molar-refractivity contribution in [1.82, 2.24) is 4.90 Å². The van der Waals surface area contributed by atoms with Gasteiger partial charge in [-0.1, -0.05) is 33.8 Å². The van der Waals surface area contributed by atoms with Crippen LogP contribution in [-0.4, -0.2) is 36.3 Å². The molecule has 21 heavy (non-hydrogen) atoms. The standard InChI is InChI=1S/C16H25N3O2/c1-5-19(6-2)11-15(20)17-13-8-7-9-14(10-13)18-16(21)12(3)4/h7-10,12H,5-6,11H2,1-4H3,(H,17,20)(H,18,21). The zero-order chi connectivity index (χ0) is 15.8. The molecule has 0 heterocycles. The van der Waals surface area contributed by atoms with E-state index in [4.69, 9.17) is 0 Å². The van der Waals surface area contributed by atoms with E-state index >= 15 is 0 Å². The number of likely N-dealkylation sites (N-methyl/N-ethyl adjacent to an activating group) is 1. The molecule has 2 N–H and O–H groups in total. The van der Waals surface area contributed by atoms with Crippen molar-refractivity contribution in [1.29, 1.82) is 0 Å². The predicted octanol–water partition coefficient (Wildman–Crippen LogP) is 2.56. The molecule has 0 saturated heterocycles. The molecule has 116 valence electrons. The number of carbonyl (C=O) groups is 2. The Kier molecular flexibility index (Phi) is 6.88. The fraction of sp³-hybridized carbons (Fsp3) is 0.500. The Morgan fingerprint density at radius 3 is 2.19 bits per heavy atom. The molecule has 5 nitrogen and oxygen atoms in total. The lowest BCUT2D eigenvalue weighted by Crippen LogP contribution is -2.32. The van der Waals surface area contributed by atoms with Gasteiger partial charge in [-0.05, 0) is 31.3 Å². The fourth-order valence-electron chi connectivity index (χ4n) is 1.81. The molecule has 2 amide bonds. The molecule has 0 atom stereocenters. The van der Waals surface area contributed by atoms with Crippen LogP contribution in [0.5, 0.6) is 0 Å². The highest BCUT2D eigenvalue weighted by molar-refractivity contribution is 5.95. The van der Waals surface area contributed by atoms with Gasteiger partial charge in [-0.15, -0.1) is 0 Å². The molecule has 0 fully saturated rings. The molecule has 0 aromatic heterocycles. The molecular weight excluding hydrogens is 266 g/mol. The average molecular weight is 291 g/mol. The maximum absolute atomic E-state index is 11.9. The van der Waals surface area contributed by atoms with Crippen LogP contribution in [0.3, 0.4) is 0 Å². The SMILES string of the molecule is CCN(CC)CC(=O)Nc1cccc(NC(=O)C(C)C)c1. The molecule has 1 aromatic rings. The van der Waals surface area contributed by atoms with Crippen molar-refractivity contribution in [3.63, 3.8) is 0 Å². The van der Waals surface area contributed by atoms with E-state index in [0.29, 0.717) is 17.9 Å². The van der Waals surface area contributed by atoms with Crippen molar-refractivity contribution in [3.8, 4) is 0 Å². The Bertz CT molecular complexity index is 482. The number of benzene rings is 1. The zero-order valence-corrected chi connectivity index (χ0v) is 13.3.